The second kappa shape index (κ2) is 7.44. The molecule has 0 aliphatic rings. The Hall–Kier alpha value is -2.41. The van der Waals surface area contributed by atoms with Gasteiger partial charge in [0.05, 0.1) is 6.20 Å². The van der Waals surface area contributed by atoms with E-state index in [0.717, 1.165) is 29.3 Å². The van der Waals surface area contributed by atoms with Crippen molar-refractivity contribution in [1.82, 2.24) is 19.7 Å². The normalized spacial score (nSPS) is 11.1. The van der Waals surface area contributed by atoms with Crippen LogP contribution in [0.5, 0.6) is 0 Å². The molecule has 3 aromatic heterocycles. The van der Waals surface area contributed by atoms with Gasteiger partial charge < -0.3 is 15.0 Å². The van der Waals surface area contributed by atoms with Crippen molar-refractivity contribution < 1.29 is 4.79 Å². The third kappa shape index (κ3) is 4.11. The van der Waals surface area contributed by atoms with Crippen molar-refractivity contribution in [1.29, 1.82) is 0 Å². The van der Waals surface area contributed by atoms with Crippen molar-refractivity contribution in [2.45, 2.75) is 26.8 Å². The minimum absolute atomic E-state index is 0.102. The number of imidazole rings is 1. The third-order valence-corrected chi connectivity index (χ3v) is 4.58. The summed E-state index contributed by atoms with van der Waals surface area (Å²) in [4.78, 5) is 21.3. The smallest absolute Gasteiger partial charge is 0.263 e. The average molecular weight is 343 g/mol. The molecule has 0 unspecified atom stereocenters. The van der Waals surface area contributed by atoms with Gasteiger partial charge in [-0.3, -0.25) is 4.79 Å². The molecule has 7 heteroatoms. The molecule has 0 saturated carbocycles. The zero-order valence-electron chi connectivity index (χ0n) is 13.8. The quantitative estimate of drug-likeness (QED) is 0.691. The lowest BCUT2D eigenvalue weighted by Gasteiger charge is -2.05. The molecule has 126 valence electrons. The zero-order chi connectivity index (χ0) is 16.9. The van der Waals surface area contributed by atoms with E-state index in [1.165, 1.54) is 11.3 Å². The predicted molar refractivity (Wildman–Crippen MR) is 96.4 cm³/mol. The number of carbonyl (C=O) groups is 1. The van der Waals surface area contributed by atoms with E-state index >= 15 is 0 Å². The van der Waals surface area contributed by atoms with Crippen LogP contribution >= 0.6 is 11.3 Å². The predicted octanol–water partition coefficient (Wildman–Crippen LogP) is 3.18. The number of hydrogen-bond donors (Lipinski definition) is 2. The molecule has 0 spiro atoms. The number of rotatable bonds is 7. The van der Waals surface area contributed by atoms with Gasteiger partial charge in [0.2, 0.25) is 0 Å². The highest BCUT2D eigenvalue weighted by Gasteiger charge is 2.10. The number of hydrogen-bond acceptors (Lipinski definition) is 5. The van der Waals surface area contributed by atoms with Gasteiger partial charge in [0.1, 0.15) is 10.5 Å². The van der Waals surface area contributed by atoms with E-state index in [1.54, 1.807) is 12.4 Å². The molecule has 3 heterocycles. The third-order valence-electron chi connectivity index (χ3n) is 3.63. The number of nitrogens with zero attached hydrogens (tertiary/aromatic N) is 3. The highest BCUT2D eigenvalue weighted by atomic mass is 32.1. The van der Waals surface area contributed by atoms with Gasteiger partial charge in [-0.05, 0) is 24.0 Å². The highest BCUT2D eigenvalue weighted by molar-refractivity contribution is 7.17. The minimum atomic E-state index is -0.102. The second-order valence-electron chi connectivity index (χ2n) is 6.05. The van der Waals surface area contributed by atoms with Crippen molar-refractivity contribution >= 4 is 28.0 Å². The molecule has 1 amide bonds. The Balaban J connectivity index is 1.53. The molecule has 0 radical (unpaired) electrons. The van der Waals surface area contributed by atoms with Crippen molar-refractivity contribution in [3.05, 3.63) is 47.4 Å². The molecule has 2 N–H and O–H groups in total. The first kappa shape index (κ1) is 16.4. The van der Waals surface area contributed by atoms with Gasteiger partial charge in [0, 0.05) is 31.7 Å². The lowest BCUT2D eigenvalue weighted by Crippen LogP contribution is -2.21. The summed E-state index contributed by atoms with van der Waals surface area (Å²) in [5.41, 5.74) is 1.92. The molecule has 0 aliphatic carbocycles. The first-order valence-corrected chi connectivity index (χ1v) is 8.83. The number of pyridine rings is 1. The van der Waals surface area contributed by atoms with Gasteiger partial charge in [-0.25, -0.2) is 9.97 Å². The van der Waals surface area contributed by atoms with E-state index in [1.807, 2.05) is 28.9 Å². The van der Waals surface area contributed by atoms with E-state index < -0.39 is 0 Å². The molecule has 0 saturated heterocycles. The van der Waals surface area contributed by atoms with Gasteiger partial charge in [0.15, 0.2) is 5.13 Å². The SMILES string of the molecule is CC(C)CCNc1ncc(C(=O)NCc2ccc3nccn3c2)s1. The number of amides is 1. The zero-order valence-corrected chi connectivity index (χ0v) is 14.6. The number of nitrogens with one attached hydrogen (secondary N) is 2. The van der Waals surface area contributed by atoms with Gasteiger partial charge >= 0.3 is 0 Å². The number of carbonyl (C=O) groups excluding carboxylic acids is 1. The van der Waals surface area contributed by atoms with Gasteiger partial charge in [-0.2, -0.15) is 0 Å². The van der Waals surface area contributed by atoms with Gasteiger partial charge in [0.25, 0.3) is 5.91 Å². The van der Waals surface area contributed by atoms with Crippen LogP contribution < -0.4 is 10.6 Å². The monoisotopic (exact) mass is 343 g/mol. The van der Waals surface area contributed by atoms with E-state index in [9.17, 15) is 4.79 Å². The van der Waals surface area contributed by atoms with Crippen molar-refractivity contribution in [2.75, 3.05) is 11.9 Å². The van der Waals surface area contributed by atoms with Crippen LogP contribution in [0.15, 0.2) is 36.9 Å². The molecule has 0 aromatic carbocycles. The van der Waals surface area contributed by atoms with Crippen LogP contribution in [0.4, 0.5) is 5.13 Å². The van der Waals surface area contributed by atoms with E-state index in [0.29, 0.717) is 17.3 Å². The maximum atomic E-state index is 12.2. The number of anilines is 1. The van der Waals surface area contributed by atoms with E-state index in [4.69, 9.17) is 0 Å². The molecule has 3 rings (SSSR count). The molecule has 24 heavy (non-hydrogen) atoms. The largest absolute Gasteiger partial charge is 0.361 e. The summed E-state index contributed by atoms with van der Waals surface area (Å²) in [7, 11) is 0. The summed E-state index contributed by atoms with van der Waals surface area (Å²) >= 11 is 1.38. The Kier molecular flexibility index (Phi) is 5.10. The molecule has 0 aliphatic heterocycles. The maximum Gasteiger partial charge on any atom is 0.263 e. The van der Waals surface area contributed by atoms with Crippen molar-refractivity contribution in [3.8, 4) is 0 Å². The van der Waals surface area contributed by atoms with Crippen LogP contribution in [0.1, 0.15) is 35.5 Å². The number of aromatic nitrogens is 3. The van der Waals surface area contributed by atoms with Crippen molar-refractivity contribution in [3.63, 3.8) is 0 Å². The van der Waals surface area contributed by atoms with Crippen LogP contribution in [-0.4, -0.2) is 26.8 Å². The molecule has 0 atom stereocenters. The Labute approximate surface area is 145 Å². The Morgan fingerprint density at radius 1 is 1.33 bits per heavy atom. The fourth-order valence-corrected chi connectivity index (χ4v) is 3.03. The molecular weight excluding hydrogens is 322 g/mol. The van der Waals surface area contributed by atoms with E-state index in [-0.39, 0.29) is 5.91 Å². The standard InChI is InChI=1S/C17H21N5OS/c1-12(2)5-6-19-17-21-10-14(24-17)16(23)20-9-13-3-4-15-18-7-8-22(15)11-13/h3-4,7-8,10-12H,5-6,9H2,1-2H3,(H,19,21)(H,20,23). The Morgan fingerprint density at radius 3 is 3.04 bits per heavy atom. The Morgan fingerprint density at radius 2 is 2.21 bits per heavy atom. The van der Waals surface area contributed by atoms with Crippen molar-refractivity contribution in [2.24, 2.45) is 5.92 Å². The summed E-state index contributed by atoms with van der Waals surface area (Å²) in [5, 5.41) is 6.98. The lowest BCUT2D eigenvalue weighted by molar-refractivity contribution is 0.0954. The first-order valence-electron chi connectivity index (χ1n) is 8.01. The summed E-state index contributed by atoms with van der Waals surface area (Å²) < 4.78 is 1.94. The minimum Gasteiger partial charge on any atom is -0.361 e. The molecule has 6 nitrogen and oxygen atoms in total. The average Bonchev–Trinajstić information content (AvgIpc) is 3.20. The van der Waals surface area contributed by atoms with Crippen LogP contribution in [0, 0.1) is 5.92 Å². The maximum absolute atomic E-state index is 12.2. The number of fused-ring (bicyclic) bond motifs is 1. The van der Waals surface area contributed by atoms with E-state index in [2.05, 4.69) is 34.4 Å². The summed E-state index contributed by atoms with van der Waals surface area (Å²) in [6, 6.07) is 3.90. The van der Waals surface area contributed by atoms with Crippen LogP contribution in [0.25, 0.3) is 5.65 Å². The first-order chi connectivity index (χ1) is 11.6. The van der Waals surface area contributed by atoms with Crippen LogP contribution in [-0.2, 0) is 6.54 Å². The summed E-state index contributed by atoms with van der Waals surface area (Å²) in [6.45, 7) is 5.71. The summed E-state index contributed by atoms with van der Waals surface area (Å²) in [6.07, 6.45) is 8.31. The Bertz CT molecular complexity index is 823. The molecule has 3 aromatic rings. The van der Waals surface area contributed by atoms with Gasteiger partial charge in [-0.1, -0.05) is 31.3 Å². The second-order valence-corrected chi connectivity index (χ2v) is 7.08. The lowest BCUT2D eigenvalue weighted by atomic mass is 10.1. The van der Waals surface area contributed by atoms with Crippen LogP contribution in [0.3, 0.4) is 0 Å². The summed E-state index contributed by atoms with van der Waals surface area (Å²) in [5.74, 6) is 0.545. The molecule has 0 fully saturated rings. The fraction of sp³-hybridized carbons (Fsp3) is 0.353. The van der Waals surface area contributed by atoms with Gasteiger partial charge in [-0.15, -0.1) is 0 Å². The molecular formula is C17H21N5OS. The highest BCUT2D eigenvalue weighted by Crippen LogP contribution is 2.18. The fourth-order valence-electron chi connectivity index (χ4n) is 2.27. The molecule has 0 bridgehead atoms. The topological polar surface area (TPSA) is 71.3 Å². The van der Waals surface area contributed by atoms with Crippen LogP contribution in [0.2, 0.25) is 0 Å². The number of thiazole rings is 1.